The van der Waals surface area contributed by atoms with E-state index in [1.165, 1.54) is 0 Å². The number of hydrogen-bond acceptors (Lipinski definition) is 3. The number of carbonyl (C=O) groups excluding carboxylic acids is 3. The fourth-order valence-corrected chi connectivity index (χ4v) is 2.37. The third-order valence-corrected chi connectivity index (χ3v) is 3.63. The molecule has 23 heavy (non-hydrogen) atoms. The number of carbonyl (C=O) groups is 3. The van der Waals surface area contributed by atoms with Gasteiger partial charge in [0.05, 0.1) is 11.1 Å². The van der Waals surface area contributed by atoms with Crippen molar-refractivity contribution in [3.05, 3.63) is 64.7 Å². The first-order chi connectivity index (χ1) is 11.1. The second-order valence-corrected chi connectivity index (χ2v) is 5.32. The Balaban J connectivity index is 1.61. The van der Waals surface area contributed by atoms with Crippen molar-refractivity contribution in [3.8, 4) is 0 Å². The predicted molar refractivity (Wildman–Crippen MR) is 85.4 cm³/mol. The number of urea groups is 1. The zero-order valence-electron chi connectivity index (χ0n) is 11.9. The molecule has 0 bridgehead atoms. The molecule has 116 valence electrons. The van der Waals surface area contributed by atoms with Gasteiger partial charge < -0.3 is 10.6 Å². The molecule has 4 amide bonds. The molecule has 0 aromatic heterocycles. The number of fused-ring (bicyclic) bond motifs is 1. The standard InChI is InChI=1S/C16H12ClN3O3/c17-10-5-7-11(8-6-10)19-16(23)18-9-20-14(21)12-3-1-2-4-13(12)15(20)22/h1-8H,9H2,(H2,18,19,23). The highest BCUT2D eigenvalue weighted by molar-refractivity contribution is 6.30. The van der Waals surface area contributed by atoms with Gasteiger partial charge in [-0.3, -0.25) is 14.5 Å². The van der Waals surface area contributed by atoms with E-state index in [9.17, 15) is 14.4 Å². The number of halogens is 1. The smallest absolute Gasteiger partial charge is 0.320 e. The number of nitrogens with zero attached hydrogens (tertiary/aromatic N) is 1. The SMILES string of the molecule is O=C(NCN1C(=O)c2ccccc2C1=O)Nc1ccc(Cl)cc1. The van der Waals surface area contributed by atoms with E-state index in [-0.39, 0.29) is 6.67 Å². The maximum absolute atomic E-state index is 12.1. The normalized spacial score (nSPS) is 13.0. The van der Waals surface area contributed by atoms with Gasteiger partial charge in [-0.05, 0) is 36.4 Å². The maximum Gasteiger partial charge on any atom is 0.320 e. The van der Waals surface area contributed by atoms with Gasteiger partial charge in [0.15, 0.2) is 0 Å². The lowest BCUT2D eigenvalue weighted by atomic mass is 10.1. The molecule has 0 radical (unpaired) electrons. The monoisotopic (exact) mass is 329 g/mol. The Morgan fingerprint density at radius 3 is 2.09 bits per heavy atom. The first-order valence-electron chi connectivity index (χ1n) is 6.82. The molecule has 7 heteroatoms. The number of rotatable bonds is 3. The van der Waals surface area contributed by atoms with Crippen molar-refractivity contribution in [3.63, 3.8) is 0 Å². The topological polar surface area (TPSA) is 78.5 Å². The van der Waals surface area contributed by atoms with E-state index in [1.54, 1.807) is 48.5 Å². The fraction of sp³-hybridized carbons (Fsp3) is 0.0625. The van der Waals surface area contributed by atoms with E-state index >= 15 is 0 Å². The van der Waals surface area contributed by atoms with E-state index < -0.39 is 17.8 Å². The van der Waals surface area contributed by atoms with Crippen molar-refractivity contribution in [1.82, 2.24) is 10.2 Å². The van der Waals surface area contributed by atoms with Crippen molar-refractivity contribution in [2.24, 2.45) is 0 Å². The Hall–Kier alpha value is -2.86. The van der Waals surface area contributed by atoms with Gasteiger partial charge in [-0.2, -0.15) is 0 Å². The van der Waals surface area contributed by atoms with Crippen LogP contribution in [0, 0.1) is 0 Å². The third kappa shape index (κ3) is 3.02. The van der Waals surface area contributed by atoms with Gasteiger partial charge in [-0.25, -0.2) is 4.79 Å². The first-order valence-corrected chi connectivity index (χ1v) is 7.20. The van der Waals surface area contributed by atoms with Crippen LogP contribution in [0.4, 0.5) is 10.5 Å². The van der Waals surface area contributed by atoms with Gasteiger partial charge in [0, 0.05) is 10.7 Å². The van der Waals surface area contributed by atoms with Crippen molar-refractivity contribution < 1.29 is 14.4 Å². The minimum atomic E-state index is -0.524. The van der Waals surface area contributed by atoms with Crippen molar-refractivity contribution in [2.45, 2.75) is 0 Å². The number of benzene rings is 2. The lowest BCUT2D eigenvalue weighted by Gasteiger charge is -2.15. The summed E-state index contributed by atoms with van der Waals surface area (Å²) in [5.41, 5.74) is 1.24. The molecule has 0 aliphatic carbocycles. The summed E-state index contributed by atoms with van der Waals surface area (Å²) in [5.74, 6) is -0.838. The molecule has 2 aromatic rings. The van der Waals surface area contributed by atoms with Gasteiger partial charge in [0.2, 0.25) is 0 Å². The molecule has 0 atom stereocenters. The fourth-order valence-electron chi connectivity index (χ4n) is 2.24. The van der Waals surface area contributed by atoms with Crippen LogP contribution in [0.3, 0.4) is 0 Å². The predicted octanol–water partition coefficient (Wildman–Crippen LogP) is 2.72. The molecule has 1 aliphatic rings. The largest absolute Gasteiger partial charge is 0.320 e. The Morgan fingerprint density at radius 2 is 1.52 bits per heavy atom. The Morgan fingerprint density at radius 1 is 0.957 bits per heavy atom. The number of amides is 4. The van der Waals surface area contributed by atoms with Crippen LogP contribution in [0.1, 0.15) is 20.7 Å². The van der Waals surface area contributed by atoms with Crippen LogP contribution < -0.4 is 10.6 Å². The molecule has 0 saturated carbocycles. The lowest BCUT2D eigenvalue weighted by Crippen LogP contribution is -2.42. The zero-order chi connectivity index (χ0) is 16.4. The Labute approximate surface area is 137 Å². The molecule has 2 N–H and O–H groups in total. The molecule has 6 nitrogen and oxygen atoms in total. The number of anilines is 1. The van der Waals surface area contributed by atoms with Crippen molar-refractivity contribution in [2.75, 3.05) is 12.0 Å². The van der Waals surface area contributed by atoms with Crippen molar-refractivity contribution >= 4 is 35.1 Å². The molecule has 0 spiro atoms. The molecule has 1 aliphatic heterocycles. The summed E-state index contributed by atoms with van der Waals surface area (Å²) in [5, 5.41) is 5.63. The van der Waals surface area contributed by atoms with E-state index in [0.717, 1.165) is 4.90 Å². The minimum Gasteiger partial charge on any atom is -0.320 e. The highest BCUT2D eigenvalue weighted by atomic mass is 35.5. The van der Waals surface area contributed by atoms with Gasteiger partial charge in [0.25, 0.3) is 11.8 Å². The molecule has 3 rings (SSSR count). The number of imide groups is 1. The summed E-state index contributed by atoms with van der Waals surface area (Å²) in [6, 6.07) is 12.6. The van der Waals surface area contributed by atoms with Crippen LogP contribution in [0.2, 0.25) is 5.02 Å². The summed E-state index contributed by atoms with van der Waals surface area (Å²) in [6.45, 7) is -0.203. The second kappa shape index (κ2) is 6.10. The summed E-state index contributed by atoms with van der Waals surface area (Å²) < 4.78 is 0. The lowest BCUT2D eigenvalue weighted by molar-refractivity contribution is 0.0648. The van der Waals surface area contributed by atoms with Crippen LogP contribution in [0.25, 0.3) is 0 Å². The first kappa shape index (κ1) is 15.1. The molecular formula is C16H12ClN3O3. The minimum absolute atomic E-state index is 0.203. The van der Waals surface area contributed by atoms with Crippen LogP contribution in [0.15, 0.2) is 48.5 Å². The molecule has 2 aromatic carbocycles. The highest BCUT2D eigenvalue weighted by Crippen LogP contribution is 2.21. The number of nitrogens with one attached hydrogen (secondary N) is 2. The van der Waals surface area contributed by atoms with Gasteiger partial charge in [-0.1, -0.05) is 23.7 Å². The molecule has 0 fully saturated rings. The maximum atomic E-state index is 12.1. The Kier molecular flexibility index (Phi) is 3.99. The molecular weight excluding hydrogens is 318 g/mol. The molecule has 0 unspecified atom stereocenters. The average molecular weight is 330 g/mol. The van der Waals surface area contributed by atoms with Crippen LogP contribution in [-0.4, -0.2) is 29.4 Å². The van der Waals surface area contributed by atoms with E-state index in [1.807, 2.05) is 0 Å². The molecule has 0 saturated heterocycles. The van der Waals surface area contributed by atoms with Crippen molar-refractivity contribution in [1.29, 1.82) is 0 Å². The average Bonchev–Trinajstić information content (AvgIpc) is 2.80. The van der Waals surface area contributed by atoms with Crippen LogP contribution in [0.5, 0.6) is 0 Å². The van der Waals surface area contributed by atoms with E-state index in [2.05, 4.69) is 10.6 Å². The zero-order valence-corrected chi connectivity index (χ0v) is 12.6. The van der Waals surface area contributed by atoms with Crippen LogP contribution in [-0.2, 0) is 0 Å². The van der Waals surface area contributed by atoms with Crippen LogP contribution >= 0.6 is 11.6 Å². The summed E-state index contributed by atoms with van der Waals surface area (Å²) >= 11 is 5.76. The third-order valence-electron chi connectivity index (χ3n) is 3.38. The summed E-state index contributed by atoms with van der Waals surface area (Å²) in [4.78, 5) is 37.1. The van der Waals surface area contributed by atoms with Gasteiger partial charge in [-0.15, -0.1) is 0 Å². The van der Waals surface area contributed by atoms with E-state index in [4.69, 9.17) is 11.6 Å². The van der Waals surface area contributed by atoms with Gasteiger partial charge in [0.1, 0.15) is 6.67 Å². The summed E-state index contributed by atoms with van der Waals surface area (Å²) in [6.07, 6.45) is 0. The quantitative estimate of drug-likeness (QED) is 0.850. The number of hydrogen-bond donors (Lipinski definition) is 2. The molecule has 1 heterocycles. The highest BCUT2D eigenvalue weighted by Gasteiger charge is 2.34. The summed E-state index contributed by atoms with van der Waals surface area (Å²) in [7, 11) is 0. The second-order valence-electron chi connectivity index (χ2n) is 4.88. The van der Waals surface area contributed by atoms with Gasteiger partial charge >= 0.3 is 6.03 Å². The Bertz CT molecular complexity index is 754. The van der Waals surface area contributed by atoms with E-state index in [0.29, 0.717) is 21.8 Å².